The quantitative estimate of drug-likeness (QED) is 0.0289. The molecule has 756 valence electrons. The van der Waals surface area contributed by atoms with Gasteiger partial charge in [-0.05, 0) is 373 Å². The maximum Gasteiger partial charge on any atom is 0.497 e. The molecule has 33 heteroatoms. The first-order valence-electron chi connectivity index (χ1n) is 51.7. The maximum atomic E-state index is 12.3. The van der Waals surface area contributed by atoms with Crippen molar-refractivity contribution < 1.29 is 60.8 Å². The number of ether oxygens (including phenoxy) is 3. The summed E-state index contributed by atoms with van der Waals surface area (Å²) in [5, 5.41) is 35.6. The number of nitrogens with zero attached hydrogens (tertiary/aromatic N) is 16. The predicted octanol–water partition coefficient (Wildman–Crippen LogP) is 26.0. The fourth-order valence-electron chi connectivity index (χ4n) is 22.7. The number of methoxy groups -OCH3 is 1. The number of carbonyl (C=O) groups excluding carboxylic acids is 1. The highest BCUT2D eigenvalue weighted by Gasteiger charge is 2.54. The number of halogens is 2. The molecule has 8 aliphatic carbocycles. The number of aromatic amines is 1. The van der Waals surface area contributed by atoms with E-state index in [1.165, 1.54) is 122 Å². The van der Waals surface area contributed by atoms with Gasteiger partial charge in [-0.15, -0.1) is 0 Å². The fourth-order valence-corrected chi connectivity index (χ4v) is 24.0. The Kier molecular flexibility index (Phi) is 26.2. The monoisotopic (exact) mass is 2190 g/mol. The largest absolute Gasteiger partial charge is 0.497 e. The van der Waals surface area contributed by atoms with Gasteiger partial charge in [-0.25, -0.2) is 44.5 Å². The minimum atomic E-state index is -1.07. The Hall–Kier alpha value is -12.2. The van der Waals surface area contributed by atoms with Crippen LogP contribution in [0.2, 0.25) is 0 Å². The number of carboxylic acids is 1. The number of rotatable bonds is 26. The molecule has 1 aliphatic heterocycles. The summed E-state index contributed by atoms with van der Waals surface area (Å²) in [7, 11) is 0.948. The van der Waals surface area contributed by atoms with E-state index in [1.807, 2.05) is 134 Å². The second-order valence-electron chi connectivity index (χ2n) is 42.8. The first-order valence-corrected chi connectivity index (χ1v) is 53.8. The van der Waals surface area contributed by atoms with Gasteiger partial charge in [0.2, 0.25) is 11.8 Å². The van der Waals surface area contributed by atoms with Crippen molar-refractivity contribution >= 4 is 125 Å². The third-order valence-electron chi connectivity index (χ3n) is 31.5. The topological polar surface area (TPSA) is 356 Å². The number of aryl methyl sites for hydroxylation is 12. The van der Waals surface area contributed by atoms with Crippen LogP contribution in [-0.4, -0.2) is 140 Å². The Labute approximate surface area is 874 Å². The normalized spacial score (nSPS) is 17.0. The van der Waals surface area contributed by atoms with Crippen LogP contribution in [0, 0.1) is 138 Å². The highest BCUT2D eigenvalue weighted by atomic mass is 127. The van der Waals surface area contributed by atoms with Crippen molar-refractivity contribution in [2.24, 2.45) is 47.3 Å². The van der Waals surface area contributed by atoms with Crippen LogP contribution in [0.5, 0.6) is 11.8 Å². The molecule has 0 atom stereocenters. The molecule has 0 amide bonds. The van der Waals surface area contributed by atoms with Gasteiger partial charge in [-0.2, -0.15) is 0 Å². The Bertz CT molecular complexity index is 7780. The second kappa shape index (κ2) is 38.8. The van der Waals surface area contributed by atoms with Crippen LogP contribution in [0.25, 0.3) is 133 Å². The molecule has 9 aliphatic rings. The van der Waals surface area contributed by atoms with E-state index in [9.17, 15) is 14.7 Å². The molecule has 0 bridgehead atoms. The molecule has 0 unspecified atom stereocenters. The highest BCUT2D eigenvalue weighted by Crippen LogP contribution is 2.59. The van der Waals surface area contributed by atoms with E-state index >= 15 is 0 Å². The highest BCUT2D eigenvalue weighted by molar-refractivity contribution is 14.1. The molecular weight excluding hydrogens is 2070 g/mol. The van der Waals surface area contributed by atoms with E-state index in [0.717, 1.165) is 225 Å². The van der Waals surface area contributed by atoms with Gasteiger partial charge in [-0.1, -0.05) is 25.8 Å². The summed E-state index contributed by atoms with van der Waals surface area (Å²) in [5.74, 6) is 9.29. The number of hydrogen-bond donors (Lipinski definition) is 2. The van der Waals surface area contributed by atoms with Crippen LogP contribution in [-0.2, 0) is 14.0 Å². The van der Waals surface area contributed by atoms with Crippen LogP contribution < -0.4 is 14.9 Å². The van der Waals surface area contributed by atoms with Crippen LogP contribution in [0.3, 0.4) is 0 Å². The summed E-state index contributed by atoms with van der Waals surface area (Å²) in [4.78, 5) is 60.4. The lowest BCUT2D eigenvalue weighted by Crippen LogP contribution is -2.41. The molecular formula is C113H124BI2N17O13. The molecule has 1 saturated heterocycles. The van der Waals surface area contributed by atoms with Crippen LogP contribution in [0.15, 0.2) is 127 Å². The summed E-state index contributed by atoms with van der Waals surface area (Å²) in [6.07, 6.45) is 41.6. The number of carbonyl (C=O) groups is 2. The summed E-state index contributed by atoms with van der Waals surface area (Å²) in [6, 6.07) is 16.4. The van der Waals surface area contributed by atoms with Gasteiger partial charge in [0.1, 0.15) is 57.0 Å². The van der Waals surface area contributed by atoms with Crippen molar-refractivity contribution in [2.45, 2.75) is 263 Å². The second-order valence-corrected chi connectivity index (χ2v) is 45.2. The zero-order valence-corrected chi connectivity index (χ0v) is 90.6. The van der Waals surface area contributed by atoms with E-state index in [2.05, 4.69) is 192 Å². The Morgan fingerprint density at radius 1 is 0.404 bits per heavy atom. The first-order chi connectivity index (χ1) is 70.2. The molecule has 26 rings (SSSR count). The van der Waals surface area contributed by atoms with E-state index < -0.39 is 19.1 Å². The molecule has 0 aromatic carbocycles. The lowest BCUT2D eigenvalue weighted by molar-refractivity contribution is 0.00578. The Morgan fingerprint density at radius 3 is 1.03 bits per heavy atom. The molecule has 0 spiro atoms. The molecule has 30 nitrogen and oxygen atoms in total. The number of aromatic nitrogens is 17. The van der Waals surface area contributed by atoms with Crippen molar-refractivity contribution in [2.75, 3.05) is 20.3 Å². The molecule has 9 fully saturated rings. The molecule has 17 aromatic rings. The van der Waals surface area contributed by atoms with E-state index in [-0.39, 0.29) is 22.6 Å². The van der Waals surface area contributed by atoms with Gasteiger partial charge in [0, 0.05) is 204 Å². The summed E-state index contributed by atoms with van der Waals surface area (Å²) in [5.41, 5.74) is 25.4. The molecule has 146 heavy (non-hydrogen) atoms. The summed E-state index contributed by atoms with van der Waals surface area (Å²) >= 11 is 4.75. The SMILES string of the molecule is CCOc1nc(C(=O)O)cc(C)c1-c1cn(C(C2CC2)C2CC2)c2ncc(-c3c(C)noc3C)cc12.CCOc1nc(C(=O)OC)cc(C)c1-c1cn(C(C2CC2)C2CC2)c2ncc(-c3c(C)noc3C)cc12.Cc1noc(C)c1-c1cnc2[nH]cc(I)c2c1.Cc1noc(C)c1-c1cnc2c(c1)c(B1OC(C)(C)C(C)(C)O1)cn2C(C1CC1)C1CC1.Cc1noc(C)c1-c1cnc2c(c1)c(I)cn2C(C1CC1)C1CC1. The Morgan fingerprint density at radius 2 is 0.705 bits per heavy atom. The van der Waals surface area contributed by atoms with Crippen molar-refractivity contribution in [3.63, 3.8) is 0 Å². The third-order valence-corrected chi connectivity index (χ3v) is 33.2. The van der Waals surface area contributed by atoms with E-state index in [0.29, 0.717) is 72.8 Å². The molecule has 8 saturated carbocycles. The predicted molar refractivity (Wildman–Crippen MR) is 576 cm³/mol. The summed E-state index contributed by atoms with van der Waals surface area (Å²) in [6.45, 7) is 36.4. The number of nitrogens with one attached hydrogen (secondary N) is 1. The van der Waals surface area contributed by atoms with Crippen molar-refractivity contribution in [3.8, 4) is 89.6 Å². The van der Waals surface area contributed by atoms with Gasteiger partial charge < -0.3 is 74.5 Å². The van der Waals surface area contributed by atoms with Crippen LogP contribution >= 0.6 is 45.2 Å². The molecule has 18 heterocycles. The van der Waals surface area contributed by atoms with Gasteiger partial charge in [0.15, 0.2) is 11.4 Å². The number of H-pyrrole nitrogens is 1. The smallest absolute Gasteiger partial charge is 0.477 e. The first kappa shape index (κ1) is 98.5. The average molecular weight is 2190 g/mol. The van der Waals surface area contributed by atoms with Gasteiger partial charge >= 0.3 is 19.1 Å². The van der Waals surface area contributed by atoms with E-state index in [4.69, 9.17) is 66.1 Å². The lowest BCUT2D eigenvalue weighted by Gasteiger charge is -2.32. The number of pyridine rings is 7. The van der Waals surface area contributed by atoms with E-state index in [1.54, 1.807) is 12.1 Å². The molecule has 0 radical (unpaired) electrons. The fraction of sp³-hybridized carbons (Fsp3) is 0.451. The molecule has 2 N–H and O–H groups in total. The zero-order valence-electron chi connectivity index (χ0n) is 86.3. The number of fused-ring (bicyclic) bond motifs is 5. The maximum absolute atomic E-state index is 12.3. The van der Waals surface area contributed by atoms with Gasteiger partial charge in [0.05, 0.1) is 60.0 Å². The van der Waals surface area contributed by atoms with Gasteiger partial charge in [-0.3, -0.25) is 0 Å². The third kappa shape index (κ3) is 18.9. The van der Waals surface area contributed by atoms with Crippen molar-refractivity contribution in [1.29, 1.82) is 0 Å². The van der Waals surface area contributed by atoms with Crippen LogP contribution in [0.1, 0.15) is 258 Å². The summed E-state index contributed by atoms with van der Waals surface area (Å²) < 4.78 is 68.8. The average Bonchev–Trinajstić information content (AvgIpc) is 1.58. The van der Waals surface area contributed by atoms with Crippen molar-refractivity contribution in [1.82, 2.24) is 83.9 Å². The number of hydrogen-bond acceptors (Lipinski definition) is 24. The van der Waals surface area contributed by atoms with Crippen molar-refractivity contribution in [3.05, 3.63) is 191 Å². The lowest BCUT2D eigenvalue weighted by atomic mass is 9.79. The number of esters is 1. The van der Waals surface area contributed by atoms with Gasteiger partial charge in [0.25, 0.3) is 0 Å². The molecule has 17 aromatic heterocycles. The minimum Gasteiger partial charge on any atom is -0.477 e. The number of aromatic carboxylic acids is 1. The zero-order chi connectivity index (χ0) is 102. The van der Waals surface area contributed by atoms with Crippen LogP contribution in [0.4, 0.5) is 0 Å². The Balaban J connectivity index is 0.000000106. The minimum absolute atomic E-state index is 0.0215. The standard InChI is InChI=1S/C29H32N4O4.C28H30N4O4.C25H32BN3O3.C19H20IN3O.C12H10IN3O/c1-6-36-28-24(15(2)11-23(31-28)29(34)35-5)22-14-33(26(18-7-8-18)19-9-10-19)27-21(22)12-20(13-30-27)25-16(3)32-37-17(25)4;1-5-35-27-23(14(2)10-22(30-27)28(33)34)21-13-32(25(17-6-7-17)18-8-9-18)26-20(21)11-19(12-29-26)24-15(3)31-36-16(24)4;1-14-21(15(2)30-28-14)18-11-19-20(26-31-24(3,4)25(5,6)32-26)13-29(23(19)27-12-18)22(16-7-8-16)17-9-10-17;1-10-17(11(2)24-22-10)14-7-15-16(20)9-23(19(15)21-8-14)18(12-3-4-12)13-5-6-13;1-6-11(7(2)17-16-6)8-3-9-10(13)5-15-12(9)14-4-8/h11-14,18-19,26H,6-10H2,1-5H3;10-13,17-18,25H,5-9H2,1-4H3,(H,33,34);11-13,16-17,22H,7-10H2,1-6H3;7-9,12-13,18H,3-6H2,1-2H3;3-5H,1-2H3,(H,14,15). The number of carboxylic acid groups (broad SMARTS) is 1.